The number of aryl methyl sites for hydroxylation is 1. The summed E-state index contributed by atoms with van der Waals surface area (Å²) in [4.78, 5) is 6.56. The highest BCUT2D eigenvalue weighted by Crippen LogP contribution is 2.21. The van der Waals surface area contributed by atoms with Crippen LogP contribution in [0.1, 0.15) is 30.5 Å². The second kappa shape index (κ2) is 7.23. The summed E-state index contributed by atoms with van der Waals surface area (Å²) in [5, 5.41) is 3.48. The second-order valence-electron chi connectivity index (χ2n) is 5.82. The fraction of sp³-hybridized carbons (Fsp3) is 0.389. The van der Waals surface area contributed by atoms with E-state index in [1.54, 1.807) is 0 Å². The number of aromatic nitrogens is 1. The van der Waals surface area contributed by atoms with Gasteiger partial charge in [-0.05, 0) is 29.7 Å². The summed E-state index contributed by atoms with van der Waals surface area (Å²) < 4.78 is 0. The Hall–Kier alpha value is -1.87. The Kier molecular flexibility index (Phi) is 5.34. The van der Waals surface area contributed by atoms with Gasteiger partial charge in [-0.1, -0.05) is 38.1 Å². The minimum atomic E-state index is 0.479. The molecule has 1 aromatic carbocycles. The molecular formula is C18H25N3. The number of rotatable bonds is 6. The SMILES string of the molecule is Cc1ccccc1CN(C)c1cnccc1CNC(C)C. The predicted octanol–water partition coefficient (Wildman–Crippen LogP) is 3.52. The van der Waals surface area contributed by atoms with Gasteiger partial charge in [-0.25, -0.2) is 0 Å². The number of hydrogen-bond acceptors (Lipinski definition) is 3. The summed E-state index contributed by atoms with van der Waals surface area (Å²) >= 11 is 0. The van der Waals surface area contributed by atoms with E-state index in [1.807, 2.05) is 12.4 Å². The van der Waals surface area contributed by atoms with Crippen LogP contribution in [0.5, 0.6) is 0 Å². The van der Waals surface area contributed by atoms with E-state index < -0.39 is 0 Å². The largest absolute Gasteiger partial charge is 0.369 e. The molecule has 0 aliphatic rings. The van der Waals surface area contributed by atoms with Gasteiger partial charge in [0.2, 0.25) is 0 Å². The highest BCUT2D eigenvalue weighted by molar-refractivity contribution is 5.51. The Labute approximate surface area is 128 Å². The monoisotopic (exact) mass is 283 g/mol. The maximum atomic E-state index is 4.29. The van der Waals surface area contributed by atoms with Crippen molar-refractivity contribution in [2.45, 2.75) is 39.9 Å². The highest BCUT2D eigenvalue weighted by Gasteiger charge is 2.09. The molecular weight excluding hydrogens is 258 g/mol. The molecule has 3 nitrogen and oxygen atoms in total. The molecule has 2 aromatic rings. The zero-order valence-corrected chi connectivity index (χ0v) is 13.4. The van der Waals surface area contributed by atoms with Crippen molar-refractivity contribution >= 4 is 5.69 Å². The van der Waals surface area contributed by atoms with E-state index in [0.29, 0.717) is 6.04 Å². The van der Waals surface area contributed by atoms with Crippen molar-refractivity contribution in [1.82, 2.24) is 10.3 Å². The smallest absolute Gasteiger partial charge is 0.0598 e. The van der Waals surface area contributed by atoms with Gasteiger partial charge in [0.15, 0.2) is 0 Å². The zero-order chi connectivity index (χ0) is 15.2. The first kappa shape index (κ1) is 15.5. The average molecular weight is 283 g/mol. The Balaban J connectivity index is 2.15. The summed E-state index contributed by atoms with van der Waals surface area (Å²) in [6.07, 6.45) is 3.82. The van der Waals surface area contributed by atoms with E-state index in [1.165, 1.54) is 22.4 Å². The molecule has 0 bridgehead atoms. The fourth-order valence-electron chi connectivity index (χ4n) is 2.35. The van der Waals surface area contributed by atoms with Crippen LogP contribution in [0.15, 0.2) is 42.7 Å². The minimum Gasteiger partial charge on any atom is -0.369 e. The lowest BCUT2D eigenvalue weighted by Crippen LogP contribution is -2.25. The average Bonchev–Trinajstić information content (AvgIpc) is 2.47. The van der Waals surface area contributed by atoms with Crippen molar-refractivity contribution in [2.75, 3.05) is 11.9 Å². The second-order valence-corrected chi connectivity index (χ2v) is 5.82. The maximum Gasteiger partial charge on any atom is 0.0598 e. The van der Waals surface area contributed by atoms with Crippen LogP contribution < -0.4 is 10.2 Å². The predicted molar refractivity (Wildman–Crippen MR) is 89.5 cm³/mol. The molecule has 1 N–H and O–H groups in total. The molecule has 0 radical (unpaired) electrons. The molecule has 0 amide bonds. The van der Waals surface area contributed by atoms with Crippen molar-refractivity contribution in [3.8, 4) is 0 Å². The van der Waals surface area contributed by atoms with Gasteiger partial charge in [0, 0.05) is 32.4 Å². The lowest BCUT2D eigenvalue weighted by Gasteiger charge is -2.23. The molecule has 1 heterocycles. The van der Waals surface area contributed by atoms with Crippen LogP contribution in [-0.2, 0) is 13.1 Å². The van der Waals surface area contributed by atoms with Crippen molar-refractivity contribution in [1.29, 1.82) is 0 Å². The zero-order valence-electron chi connectivity index (χ0n) is 13.4. The van der Waals surface area contributed by atoms with Gasteiger partial charge >= 0.3 is 0 Å². The molecule has 0 unspecified atom stereocenters. The van der Waals surface area contributed by atoms with Crippen molar-refractivity contribution < 1.29 is 0 Å². The first-order valence-corrected chi connectivity index (χ1v) is 7.50. The van der Waals surface area contributed by atoms with E-state index in [0.717, 1.165) is 13.1 Å². The molecule has 0 spiro atoms. The normalized spacial score (nSPS) is 10.9. The third-order valence-electron chi connectivity index (χ3n) is 3.67. The number of hydrogen-bond donors (Lipinski definition) is 1. The molecule has 3 heteroatoms. The molecule has 0 saturated heterocycles. The van der Waals surface area contributed by atoms with E-state index in [2.05, 4.69) is 73.4 Å². The molecule has 0 atom stereocenters. The van der Waals surface area contributed by atoms with Gasteiger partial charge in [-0.3, -0.25) is 4.98 Å². The lowest BCUT2D eigenvalue weighted by molar-refractivity contribution is 0.588. The first-order valence-electron chi connectivity index (χ1n) is 7.50. The molecule has 1 aromatic heterocycles. The Morgan fingerprint density at radius 3 is 2.62 bits per heavy atom. The maximum absolute atomic E-state index is 4.29. The molecule has 0 aliphatic carbocycles. The molecule has 21 heavy (non-hydrogen) atoms. The van der Waals surface area contributed by atoms with Gasteiger partial charge in [0.25, 0.3) is 0 Å². The minimum absolute atomic E-state index is 0.479. The fourth-order valence-corrected chi connectivity index (χ4v) is 2.35. The van der Waals surface area contributed by atoms with Gasteiger partial charge < -0.3 is 10.2 Å². The topological polar surface area (TPSA) is 28.2 Å². The van der Waals surface area contributed by atoms with Crippen molar-refractivity contribution in [3.63, 3.8) is 0 Å². The number of nitrogens with zero attached hydrogens (tertiary/aromatic N) is 2. The van der Waals surface area contributed by atoms with Gasteiger partial charge in [0.1, 0.15) is 0 Å². The Morgan fingerprint density at radius 1 is 1.14 bits per heavy atom. The lowest BCUT2D eigenvalue weighted by atomic mass is 10.1. The molecule has 2 rings (SSSR count). The van der Waals surface area contributed by atoms with Crippen LogP contribution in [0, 0.1) is 6.92 Å². The molecule has 0 aliphatic heterocycles. The first-order chi connectivity index (χ1) is 10.1. The Bertz CT molecular complexity index is 578. The van der Waals surface area contributed by atoms with E-state index in [-0.39, 0.29) is 0 Å². The van der Waals surface area contributed by atoms with Gasteiger partial charge in [-0.15, -0.1) is 0 Å². The summed E-state index contributed by atoms with van der Waals surface area (Å²) in [6.45, 7) is 8.25. The summed E-state index contributed by atoms with van der Waals surface area (Å²) in [5.41, 5.74) is 5.16. The Morgan fingerprint density at radius 2 is 1.90 bits per heavy atom. The number of benzene rings is 1. The quantitative estimate of drug-likeness (QED) is 0.879. The van der Waals surface area contributed by atoms with Crippen LogP contribution in [0.4, 0.5) is 5.69 Å². The van der Waals surface area contributed by atoms with E-state index in [4.69, 9.17) is 0 Å². The van der Waals surface area contributed by atoms with Crippen LogP contribution in [0.25, 0.3) is 0 Å². The van der Waals surface area contributed by atoms with Gasteiger partial charge in [-0.2, -0.15) is 0 Å². The van der Waals surface area contributed by atoms with Crippen molar-refractivity contribution in [3.05, 3.63) is 59.4 Å². The summed E-state index contributed by atoms with van der Waals surface area (Å²) in [7, 11) is 2.13. The van der Waals surface area contributed by atoms with Crippen LogP contribution in [0.2, 0.25) is 0 Å². The summed E-state index contributed by atoms with van der Waals surface area (Å²) in [5.74, 6) is 0. The third kappa shape index (κ3) is 4.30. The highest BCUT2D eigenvalue weighted by atomic mass is 15.1. The number of nitrogens with one attached hydrogen (secondary N) is 1. The molecule has 0 fully saturated rings. The standard InChI is InChI=1S/C18H25N3/c1-14(2)20-11-16-9-10-19-12-18(16)21(4)13-17-8-6-5-7-15(17)3/h5-10,12,14,20H,11,13H2,1-4H3. The van der Waals surface area contributed by atoms with E-state index >= 15 is 0 Å². The number of anilines is 1. The molecule has 0 saturated carbocycles. The van der Waals surface area contributed by atoms with E-state index in [9.17, 15) is 0 Å². The summed E-state index contributed by atoms with van der Waals surface area (Å²) in [6, 6.07) is 11.1. The van der Waals surface area contributed by atoms with Crippen LogP contribution in [-0.4, -0.2) is 18.1 Å². The van der Waals surface area contributed by atoms with Crippen LogP contribution in [0.3, 0.4) is 0 Å². The van der Waals surface area contributed by atoms with Crippen LogP contribution >= 0.6 is 0 Å². The third-order valence-corrected chi connectivity index (χ3v) is 3.67. The molecule has 112 valence electrons. The van der Waals surface area contributed by atoms with Gasteiger partial charge in [0.05, 0.1) is 11.9 Å². The van der Waals surface area contributed by atoms with Crippen molar-refractivity contribution in [2.24, 2.45) is 0 Å². The number of pyridine rings is 1.